The van der Waals surface area contributed by atoms with E-state index >= 15 is 0 Å². The van der Waals surface area contributed by atoms with Gasteiger partial charge in [0, 0.05) is 37.4 Å². The molecule has 1 aliphatic heterocycles. The minimum atomic E-state index is -0.633. The first-order valence-corrected chi connectivity index (χ1v) is 13.5. The first-order valence-electron chi connectivity index (χ1n) is 13.5. The zero-order valence-corrected chi connectivity index (χ0v) is 23.1. The molecule has 1 aliphatic carbocycles. The van der Waals surface area contributed by atoms with E-state index in [1.165, 1.54) is 0 Å². The highest BCUT2D eigenvalue weighted by atomic mass is 16.5. The van der Waals surface area contributed by atoms with Crippen LogP contribution in [0.2, 0.25) is 0 Å². The zero-order valence-electron chi connectivity index (χ0n) is 23.1. The largest absolute Gasteiger partial charge is 0.476 e. The molecule has 9 nitrogen and oxygen atoms in total. The Hall–Kier alpha value is -3.07. The average molecular weight is 513 g/mol. The van der Waals surface area contributed by atoms with Crippen molar-refractivity contribution in [2.75, 3.05) is 27.2 Å². The van der Waals surface area contributed by atoms with Gasteiger partial charge in [-0.05, 0) is 51.8 Å². The molecule has 37 heavy (non-hydrogen) atoms. The molecule has 2 heterocycles. The van der Waals surface area contributed by atoms with Crippen molar-refractivity contribution >= 4 is 29.2 Å². The summed E-state index contributed by atoms with van der Waals surface area (Å²) in [6, 6.07) is 1.98. The summed E-state index contributed by atoms with van der Waals surface area (Å²) in [7, 11) is 3.73. The molecule has 3 rings (SSSR count). The van der Waals surface area contributed by atoms with Crippen molar-refractivity contribution in [3.8, 4) is 5.88 Å². The summed E-state index contributed by atoms with van der Waals surface area (Å²) in [6.07, 6.45) is 9.25. The van der Waals surface area contributed by atoms with Crippen LogP contribution in [0.5, 0.6) is 5.88 Å². The Balaban J connectivity index is 0.00000235. The molecule has 9 heteroatoms. The predicted molar refractivity (Wildman–Crippen MR) is 149 cm³/mol. The van der Waals surface area contributed by atoms with Gasteiger partial charge in [-0.15, -0.1) is 0 Å². The summed E-state index contributed by atoms with van der Waals surface area (Å²) < 4.78 is 6.05. The highest BCUT2D eigenvalue weighted by Gasteiger charge is 2.32. The van der Waals surface area contributed by atoms with Crippen molar-refractivity contribution in [3.63, 3.8) is 0 Å². The van der Waals surface area contributed by atoms with Crippen molar-refractivity contribution in [3.05, 3.63) is 29.2 Å². The quantitative estimate of drug-likeness (QED) is 0.275. The fraction of sp³-hybridized carbons (Fsp3) is 0.607. The van der Waals surface area contributed by atoms with Crippen molar-refractivity contribution in [1.82, 2.24) is 14.9 Å². The number of ether oxygens (including phenoxy) is 1. The van der Waals surface area contributed by atoms with E-state index in [1.807, 2.05) is 20.8 Å². The van der Waals surface area contributed by atoms with E-state index < -0.39 is 5.92 Å². The molecule has 2 aliphatic rings. The second-order valence-corrected chi connectivity index (χ2v) is 9.30. The maximum atomic E-state index is 13.4. The van der Waals surface area contributed by atoms with Crippen LogP contribution in [0.15, 0.2) is 22.7 Å². The normalized spacial score (nSPS) is 21.4. The number of aromatic nitrogens is 2. The van der Waals surface area contributed by atoms with Gasteiger partial charge >= 0.3 is 0 Å². The summed E-state index contributed by atoms with van der Waals surface area (Å²) in [4.78, 5) is 41.2. The van der Waals surface area contributed by atoms with Gasteiger partial charge in [-0.1, -0.05) is 33.6 Å². The molecule has 2 atom stereocenters. The number of likely N-dealkylation sites (tertiary alicyclic amines) is 1. The number of hydrogen-bond acceptors (Lipinski definition) is 9. The number of likely N-dealkylation sites (N-methyl/N-ethyl adjacent to an activating group) is 1. The third kappa shape index (κ3) is 8.21. The molecule has 1 saturated heterocycles. The average Bonchev–Trinajstić information content (AvgIpc) is 3.34. The smallest absolute Gasteiger partial charge is 0.217 e. The van der Waals surface area contributed by atoms with E-state index in [2.05, 4.69) is 26.9 Å². The molecule has 0 amide bonds. The second kappa shape index (κ2) is 15.2. The van der Waals surface area contributed by atoms with E-state index in [0.29, 0.717) is 61.2 Å². The lowest BCUT2D eigenvalue weighted by Gasteiger charge is -2.22. The number of carbonyl (C=O) groups excluding carboxylic acids is 2. The first-order chi connectivity index (χ1) is 17.8. The summed E-state index contributed by atoms with van der Waals surface area (Å²) in [5, 5.41) is 0. The Labute approximate surface area is 221 Å². The van der Waals surface area contributed by atoms with Crippen LogP contribution < -0.4 is 16.2 Å². The zero-order chi connectivity index (χ0) is 27.4. The number of Topliss-reactive ketones (excluding diaryl/α,β-unsaturated/α-hetero) is 2. The summed E-state index contributed by atoms with van der Waals surface area (Å²) in [5.74, 6) is -0.323. The maximum absolute atomic E-state index is 13.4. The molecule has 1 aromatic rings. The Morgan fingerprint density at radius 1 is 1.22 bits per heavy atom. The van der Waals surface area contributed by atoms with E-state index in [1.54, 1.807) is 25.4 Å². The fourth-order valence-electron chi connectivity index (χ4n) is 4.62. The molecule has 0 bridgehead atoms. The third-order valence-corrected chi connectivity index (χ3v) is 6.73. The standard InChI is InChI=1S/C26H38N6O3.C2H6/c1-4-8-19(25(34)18-10-5-6-11-22(18)33)24(28)26-30-21(20(27)12-13-29-2)15-23(31-26)35-16-17-9-7-14-32(17)3;1-2/h12-13,15,17-18H,4-11,14,16,27-28H2,1-3H3;1-2H3/b20-12-,24-19-,29-13?;/t17-,18-;/m0./s1. The van der Waals surface area contributed by atoms with Crippen molar-refractivity contribution in [2.24, 2.45) is 22.4 Å². The number of rotatable bonds is 10. The van der Waals surface area contributed by atoms with Crippen LogP contribution in [0.1, 0.15) is 83.7 Å². The molecule has 0 unspecified atom stereocenters. The topological polar surface area (TPSA) is 137 Å². The van der Waals surface area contributed by atoms with Gasteiger partial charge in [0.1, 0.15) is 12.4 Å². The molecule has 204 valence electrons. The predicted octanol–water partition coefficient (Wildman–Crippen LogP) is 3.77. The van der Waals surface area contributed by atoms with Gasteiger partial charge in [0.25, 0.3) is 0 Å². The van der Waals surface area contributed by atoms with Crippen LogP contribution in [-0.2, 0) is 9.59 Å². The van der Waals surface area contributed by atoms with Gasteiger partial charge in [0.15, 0.2) is 11.6 Å². The number of ketones is 2. The van der Waals surface area contributed by atoms with Gasteiger partial charge in [-0.3, -0.25) is 14.6 Å². The van der Waals surface area contributed by atoms with Crippen LogP contribution >= 0.6 is 0 Å². The van der Waals surface area contributed by atoms with Crippen molar-refractivity contribution < 1.29 is 14.3 Å². The Morgan fingerprint density at radius 2 is 1.97 bits per heavy atom. The van der Waals surface area contributed by atoms with Crippen LogP contribution in [-0.4, -0.2) is 65.9 Å². The first kappa shape index (κ1) is 30.2. The van der Waals surface area contributed by atoms with Crippen molar-refractivity contribution in [1.29, 1.82) is 0 Å². The van der Waals surface area contributed by atoms with Crippen molar-refractivity contribution in [2.45, 2.75) is 78.2 Å². The van der Waals surface area contributed by atoms with Crippen LogP contribution in [0.3, 0.4) is 0 Å². The number of nitrogens with two attached hydrogens (primary N) is 2. The summed E-state index contributed by atoms with van der Waals surface area (Å²) >= 11 is 0. The van der Waals surface area contributed by atoms with E-state index in [9.17, 15) is 9.59 Å². The lowest BCUT2D eigenvalue weighted by molar-refractivity contribution is -0.132. The highest BCUT2D eigenvalue weighted by Crippen LogP contribution is 2.28. The molecule has 0 aromatic carbocycles. The number of hydrogen-bond donors (Lipinski definition) is 2. The Morgan fingerprint density at radius 3 is 2.59 bits per heavy atom. The van der Waals surface area contributed by atoms with E-state index in [-0.39, 0.29) is 23.1 Å². The summed E-state index contributed by atoms with van der Waals surface area (Å²) in [6.45, 7) is 7.49. The van der Waals surface area contributed by atoms with E-state index in [4.69, 9.17) is 16.2 Å². The monoisotopic (exact) mass is 512 g/mol. The third-order valence-electron chi connectivity index (χ3n) is 6.73. The van der Waals surface area contributed by atoms with Gasteiger partial charge < -0.3 is 21.1 Å². The SMILES string of the molecule is CC.CCC/C(C(=O)[C@H]1CCCCC1=O)=C(/N)c1nc(OC[C@@H]2CCCN2C)cc(/C(N)=C/C=NC)n1. The Kier molecular flexibility index (Phi) is 12.4. The molecule has 1 saturated carbocycles. The molecule has 2 fully saturated rings. The summed E-state index contributed by atoms with van der Waals surface area (Å²) in [5.41, 5.74) is 14.2. The molecule has 4 N–H and O–H groups in total. The van der Waals surface area contributed by atoms with Gasteiger partial charge in [-0.2, -0.15) is 4.98 Å². The second-order valence-electron chi connectivity index (χ2n) is 9.30. The van der Waals surface area contributed by atoms with Crippen LogP contribution in [0.25, 0.3) is 11.4 Å². The maximum Gasteiger partial charge on any atom is 0.217 e. The van der Waals surface area contributed by atoms with Crippen LogP contribution in [0, 0.1) is 5.92 Å². The highest BCUT2D eigenvalue weighted by molar-refractivity contribution is 6.13. The molecule has 0 spiro atoms. The van der Waals surface area contributed by atoms with Crippen LogP contribution in [0.4, 0.5) is 0 Å². The van der Waals surface area contributed by atoms with Gasteiger partial charge in [0.05, 0.1) is 23.0 Å². The number of allylic oxidation sites excluding steroid dienone is 2. The number of carbonyl (C=O) groups is 2. The lowest BCUT2D eigenvalue weighted by atomic mass is 9.81. The lowest BCUT2D eigenvalue weighted by Crippen LogP contribution is -2.31. The number of aliphatic imine (C=N–C) groups is 1. The molecular weight excluding hydrogens is 468 g/mol. The fourth-order valence-corrected chi connectivity index (χ4v) is 4.62. The minimum absolute atomic E-state index is 0.00643. The molecule has 1 aromatic heterocycles. The number of nitrogens with zero attached hydrogens (tertiary/aromatic N) is 4. The minimum Gasteiger partial charge on any atom is -0.476 e. The Bertz CT molecular complexity index is 1020. The van der Waals surface area contributed by atoms with E-state index in [0.717, 1.165) is 32.2 Å². The van der Waals surface area contributed by atoms with Gasteiger partial charge in [-0.25, -0.2) is 4.98 Å². The molecule has 0 radical (unpaired) electrons. The van der Waals surface area contributed by atoms with Gasteiger partial charge in [0.2, 0.25) is 5.88 Å². The molecular formula is C28H44N6O3.